The highest BCUT2D eigenvalue weighted by atomic mass is 35.5. The van der Waals surface area contributed by atoms with Crippen molar-refractivity contribution in [3.05, 3.63) is 59.1 Å². The minimum absolute atomic E-state index is 0.0974. The average Bonchev–Trinajstić information content (AvgIpc) is 3.36. The van der Waals surface area contributed by atoms with Crippen LogP contribution in [-0.4, -0.2) is 23.6 Å². The number of hydrogen-bond acceptors (Lipinski definition) is 4. The second-order valence-corrected chi connectivity index (χ2v) is 8.96. The number of sulfonamides is 1. The number of nitrogens with zero attached hydrogens (tertiary/aromatic N) is 3. The van der Waals surface area contributed by atoms with E-state index in [4.69, 9.17) is 11.6 Å². The van der Waals surface area contributed by atoms with Crippen LogP contribution < -0.4 is 4.31 Å². The number of nitrogens with one attached hydrogen (secondary N) is 1. The molecule has 0 radical (unpaired) electrons. The molecule has 138 valence electrons. The predicted molar refractivity (Wildman–Crippen MR) is 98.4 cm³/mol. The van der Waals surface area contributed by atoms with E-state index in [0.29, 0.717) is 22.0 Å². The lowest BCUT2D eigenvalue weighted by Gasteiger charge is -2.37. The first-order valence-corrected chi connectivity index (χ1v) is 10.3. The number of halogens is 2. The standard InChI is InChI=1S/C18H14ClFN4O2S/c19-11-3-6-16(21-8-11)27(25,26)24-15-5-4-12(20)7-13(15)17-14(9-22-23-17)18(24)10-1-2-10/h3-10,18H,1-2H2,(H,22,23). The molecule has 0 saturated heterocycles. The van der Waals surface area contributed by atoms with E-state index in [1.54, 1.807) is 6.20 Å². The summed E-state index contributed by atoms with van der Waals surface area (Å²) in [6.07, 6.45) is 4.78. The molecule has 0 bridgehead atoms. The van der Waals surface area contributed by atoms with Crippen LogP contribution in [0.3, 0.4) is 0 Å². The Hall–Kier alpha value is -2.45. The van der Waals surface area contributed by atoms with Gasteiger partial charge in [-0.3, -0.25) is 9.40 Å². The first kappa shape index (κ1) is 16.7. The van der Waals surface area contributed by atoms with Crippen molar-refractivity contribution in [2.45, 2.75) is 23.9 Å². The number of pyridine rings is 1. The van der Waals surface area contributed by atoms with Gasteiger partial charge in [0.25, 0.3) is 10.0 Å². The van der Waals surface area contributed by atoms with Gasteiger partial charge in [-0.25, -0.2) is 9.37 Å². The highest BCUT2D eigenvalue weighted by Gasteiger charge is 2.47. The summed E-state index contributed by atoms with van der Waals surface area (Å²) in [5, 5.41) is 7.25. The average molecular weight is 405 g/mol. The number of anilines is 1. The van der Waals surface area contributed by atoms with Crippen LogP contribution in [0.4, 0.5) is 10.1 Å². The molecule has 1 atom stereocenters. The van der Waals surface area contributed by atoms with Crippen LogP contribution in [0.5, 0.6) is 0 Å². The number of aromatic amines is 1. The molecule has 3 aromatic rings. The van der Waals surface area contributed by atoms with E-state index < -0.39 is 21.9 Å². The van der Waals surface area contributed by atoms with E-state index in [9.17, 15) is 12.8 Å². The molecule has 1 unspecified atom stereocenters. The molecule has 1 fully saturated rings. The topological polar surface area (TPSA) is 79.0 Å². The number of hydrogen-bond donors (Lipinski definition) is 1. The Morgan fingerprint density at radius 3 is 2.70 bits per heavy atom. The summed E-state index contributed by atoms with van der Waals surface area (Å²) in [5.74, 6) is -0.261. The zero-order valence-corrected chi connectivity index (χ0v) is 15.5. The molecular formula is C18H14ClFN4O2S. The third-order valence-corrected chi connectivity index (χ3v) is 6.93. The molecule has 1 saturated carbocycles. The lowest BCUT2D eigenvalue weighted by Crippen LogP contribution is -2.39. The van der Waals surface area contributed by atoms with Crippen LogP contribution in [0, 0.1) is 11.7 Å². The minimum Gasteiger partial charge on any atom is -0.277 e. The molecular weight excluding hydrogens is 391 g/mol. The Labute approximate surface area is 160 Å². The number of rotatable bonds is 3. The van der Waals surface area contributed by atoms with Gasteiger partial charge in [-0.2, -0.15) is 13.5 Å². The smallest absolute Gasteiger partial charge is 0.277 e. The first-order valence-electron chi connectivity index (χ1n) is 8.46. The zero-order valence-electron chi connectivity index (χ0n) is 13.9. The normalized spacial score (nSPS) is 18.9. The molecule has 1 aliphatic heterocycles. The van der Waals surface area contributed by atoms with E-state index in [1.807, 2.05) is 0 Å². The van der Waals surface area contributed by atoms with Gasteiger partial charge < -0.3 is 0 Å². The van der Waals surface area contributed by atoms with Crippen molar-refractivity contribution in [3.8, 4) is 11.3 Å². The number of fused-ring (bicyclic) bond motifs is 3. The molecule has 9 heteroatoms. The van der Waals surface area contributed by atoms with Crippen LogP contribution in [-0.2, 0) is 10.0 Å². The van der Waals surface area contributed by atoms with Gasteiger partial charge in [0.15, 0.2) is 5.03 Å². The molecule has 1 aromatic carbocycles. The third kappa shape index (κ3) is 2.55. The predicted octanol–water partition coefficient (Wildman–Crippen LogP) is 3.92. The molecule has 5 rings (SSSR count). The largest absolute Gasteiger partial charge is 0.282 e. The summed E-state index contributed by atoms with van der Waals surface area (Å²) < 4.78 is 42.3. The van der Waals surface area contributed by atoms with Gasteiger partial charge >= 0.3 is 0 Å². The number of benzene rings is 1. The molecule has 27 heavy (non-hydrogen) atoms. The molecule has 2 aromatic heterocycles. The third-order valence-electron chi connectivity index (χ3n) is 5.00. The fraction of sp³-hybridized carbons (Fsp3) is 0.222. The van der Waals surface area contributed by atoms with Gasteiger partial charge in [0.2, 0.25) is 0 Å². The molecule has 2 aliphatic rings. The summed E-state index contributed by atoms with van der Waals surface area (Å²) >= 11 is 5.86. The molecule has 0 spiro atoms. The maximum Gasteiger partial charge on any atom is 0.282 e. The van der Waals surface area contributed by atoms with Crippen molar-refractivity contribution in [1.29, 1.82) is 0 Å². The van der Waals surface area contributed by atoms with Gasteiger partial charge in [0.1, 0.15) is 5.82 Å². The van der Waals surface area contributed by atoms with Crippen molar-refractivity contribution in [3.63, 3.8) is 0 Å². The van der Waals surface area contributed by atoms with Crippen LogP contribution in [0.25, 0.3) is 11.3 Å². The second kappa shape index (κ2) is 5.77. The fourth-order valence-corrected chi connectivity index (χ4v) is 5.41. The van der Waals surface area contributed by atoms with E-state index in [1.165, 1.54) is 40.8 Å². The summed E-state index contributed by atoms with van der Waals surface area (Å²) in [6, 6.07) is 6.56. The van der Waals surface area contributed by atoms with Crippen LogP contribution >= 0.6 is 11.6 Å². The van der Waals surface area contributed by atoms with Crippen molar-refractivity contribution >= 4 is 27.3 Å². The van der Waals surface area contributed by atoms with Crippen molar-refractivity contribution in [1.82, 2.24) is 15.2 Å². The Kier molecular flexibility index (Phi) is 3.57. The van der Waals surface area contributed by atoms with E-state index >= 15 is 0 Å². The van der Waals surface area contributed by atoms with Crippen molar-refractivity contribution in [2.24, 2.45) is 5.92 Å². The second-order valence-electron chi connectivity index (χ2n) is 6.76. The Balaban J connectivity index is 1.76. The summed E-state index contributed by atoms with van der Waals surface area (Å²) in [7, 11) is -3.98. The highest BCUT2D eigenvalue weighted by molar-refractivity contribution is 7.92. The maximum atomic E-state index is 13.9. The molecule has 3 heterocycles. The quantitative estimate of drug-likeness (QED) is 0.717. The monoisotopic (exact) mass is 404 g/mol. The van der Waals surface area contributed by atoms with Crippen molar-refractivity contribution < 1.29 is 12.8 Å². The van der Waals surface area contributed by atoms with E-state index in [0.717, 1.165) is 18.4 Å². The molecule has 1 N–H and O–H groups in total. The van der Waals surface area contributed by atoms with Crippen molar-refractivity contribution in [2.75, 3.05) is 4.31 Å². The van der Waals surface area contributed by atoms with Crippen LogP contribution in [0.2, 0.25) is 5.02 Å². The van der Waals surface area contributed by atoms with Gasteiger partial charge in [-0.05, 0) is 49.1 Å². The Bertz CT molecular complexity index is 1140. The van der Waals surface area contributed by atoms with E-state index in [2.05, 4.69) is 15.2 Å². The summed E-state index contributed by atoms with van der Waals surface area (Å²) in [6.45, 7) is 0. The number of aromatic nitrogens is 3. The zero-order chi connectivity index (χ0) is 18.8. The molecule has 0 amide bonds. The lowest BCUT2D eigenvalue weighted by atomic mass is 9.93. The number of H-pyrrole nitrogens is 1. The maximum absolute atomic E-state index is 13.9. The van der Waals surface area contributed by atoms with Gasteiger partial charge in [0.05, 0.1) is 28.6 Å². The Morgan fingerprint density at radius 1 is 1.19 bits per heavy atom. The van der Waals surface area contributed by atoms with Gasteiger partial charge in [0, 0.05) is 17.3 Å². The Morgan fingerprint density at radius 2 is 2.00 bits per heavy atom. The molecule has 6 nitrogen and oxygen atoms in total. The molecule has 1 aliphatic carbocycles. The first-order chi connectivity index (χ1) is 13.0. The SMILES string of the molecule is O=S(=O)(c1ccc(Cl)cn1)N1c2ccc(F)cc2-c2[nH]ncc2C1C1CC1. The van der Waals surface area contributed by atoms with Crippen LogP contribution in [0.15, 0.2) is 47.8 Å². The highest BCUT2D eigenvalue weighted by Crippen LogP contribution is 2.54. The van der Waals surface area contributed by atoms with Crippen LogP contribution in [0.1, 0.15) is 24.4 Å². The van der Waals surface area contributed by atoms with E-state index in [-0.39, 0.29) is 10.9 Å². The van der Waals surface area contributed by atoms with Gasteiger partial charge in [-0.15, -0.1) is 0 Å². The summed E-state index contributed by atoms with van der Waals surface area (Å²) in [4.78, 5) is 4.01. The fourth-order valence-electron chi connectivity index (χ4n) is 3.66. The lowest BCUT2D eigenvalue weighted by molar-refractivity contribution is 0.555. The summed E-state index contributed by atoms with van der Waals surface area (Å²) in [5.41, 5.74) is 2.31. The van der Waals surface area contributed by atoms with Gasteiger partial charge in [-0.1, -0.05) is 11.6 Å². The minimum atomic E-state index is -3.98.